The first kappa shape index (κ1) is 17.7. The Labute approximate surface area is 143 Å². The van der Waals surface area contributed by atoms with Gasteiger partial charge in [-0.15, -0.1) is 0 Å². The molecule has 0 aliphatic carbocycles. The van der Waals surface area contributed by atoms with Gasteiger partial charge in [0, 0.05) is 13.0 Å². The first-order chi connectivity index (χ1) is 10.8. The molecule has 5 heteroatoms. The van der Waals surface area contributed by atoms with E-state index in [1.165, 1.54) is 5.56 Å². The van der Waals surface area contributed by atoms with E-state index in [1.54, 1.807) is 0 Å². The number of carbonyl (C=O) groups is 1. The van der Waals surface area contributed by atoms with Crippen LogP contribution in [0.3, 0.4) is 0 Å². The summed E-state index contributed by atoms with van der Waals surface area (Å²) < 4.78 is 6.26. The first-order valence-corrected chi connectivity index (χ1v) is 8.56. The molecule has 1 aromatic rings. The lowest BCUT2D eigenvalue weighted by molar-refractivity contribution is -0.137. The van der Waals surface area contributed by atoms with Gasteiger partial charge in [-0.25, -0.2) is 0 Å². The number of para-hydroxylation sites is 1. The monoisotopic (exact) mass is 335 g/mol. The fourth-order valence-corrected chi connectivity index (χ4v) is 3.34. The van der Waals surface area contributed by atoms with Gasteiger partial charge in [-0.1, -0.05) is 52.0 Å². The third-order valence-electron chi connectivity index (χ3n) is 4.07. The molecule has 0 fully saturated rings. The molecule has 1 aromatic carbocycles. The van der Waals surface area contributed by atoms with E-state index >= 15 is 0 Å². The first-order valence-electron chi connectivity index (χ1n) is 8.15. The molecule has 0 spiro atoms. The zero-order chi connectivity index (χ0) is 17.1. The van der Waals surface area contributed by atoms with E-state index < -0.39 is 5.97 Å². The molecule has 1 atom stereocenters. The Balaban J connectivity index is 2.39. The number of carboxylic acid groups (broad SMARTS) is 1. The highest BCUT2D eigenvalue weighted by Gasteiger charge is 2.34. The number of ether oxygens (including phenoxy) is 1. The summed E-state index contributed by atoms with van der Waals surface area (Å²) in [5.41, 5.74) is 2.13. The molecule has 2 rings (SSSR count). The molecule has 0 bridgehead atoms. The van der Waals surface area contributed by atoms with Crippen molar-refractivity contribution in [2.24, 2.45) is 5.92 Å². The van der Waals surface area contributed by atoms with Crippen LogP contribution in [0.5, 0.6) is 5.75 Å². The SMILES string of the molecule is CC(C)c1cccc2c1OC(C(C)C)C(=S)N2CCCC(=O)O. The number of hydrogen-bond acceptors (Lipinski definition) is 3. The molecule has 0 radical (unpaired) electrons. The smallest absolute Gasteiger partial charge is 0.303 e. The lowest BCUT2D eigenvalue weighted by Crippen LogP contribution is -2.47. The van der Waals surface area contributed by atoms with Crippen molar-refractivity contribution in [3.63, 3.8) is 0 Å². The molecule has 1 unspecified atom stereocenters. The van der Waals surface area contributed by atoms with E-state index in [1.807, 2.05) is 12.1 Å². The number of rotatable bonds is 6. The highest BCUT2D eigenvalue weighted by Crippen LogP contribution is 2.41. The van der Waals surface area contributed by atoms with Crippen molar-refractivity contribution in [2.45, 2.75) is 52.6 Å². The summed E-state index contributed by atoms with van der Waals surface area (Å²) in [6.45, 7) is 9.08. The van der Waals surface area contributed by atoms with Crippen LogP contribution in [-0.4, -0.2) is 28.7 Å². The van der Waals surface area contributed by atoms with E-state index in [-0.39, 0.29) is 18.4 Å². The summed E-state index contributed by atoms with van der Waals surface area (Å²) >= 11 is 5.64. The summed E-state index contributed by atoms with van der Waals surface area (Å²) in [5, 5.41) is 8.89. The molecule has 126 valence electrons. The summed E-state index contributed by atoms with van der Waals surface area (Å²) in [4.78, 5) is 13.6. The quantitative estimate of drug-likeness (QED) is 0.789. The summed E-state index contributed by atoms with van der Waals surface area (Å²) in [6, 6.07) is 6.11. The third kappa shape index (κ3) is 3.83. The van der Waals surface area contributed by atoms with Crippen LogP contribution in [0.1, 0.15) is 52.0 Å². The van der Waals surface area contributed by atoms with Crippen LogP contribution < -0.4 is 9.64 Å². The van der Waals surface area contributed by atoms with E-state index in [4.69, 9.17) is 22.1 Å². The number of thiocarbonyl (C=S) groups is 1. The Kier molecular flexibility index (Phi) is 5.63. The third-order valence-corrected chi connectivity index (χ3v) is 4.52. The maximum absolute atomic E-state index is 10.8. The van der Waals surface area contributed by atoms with Crippen LogP contribution in [0.15, 0.2) is 18.2 Å². The predicted octanol–water partition coefficient (Wildman–Crippen LogP) is 4.23. The van der Waals surface area contributed by atoms with Crippen LogP contribution in [0, 0.1) is 5.92 Å². The summed E-state index contributed by atoms with van der Waals surface area (Å²) in [6.07, 6.45) is 0.555. The summed E-state index contributed by atoms with van der Waals surface area (Å²) in [7, 11) is 0. The fraction of sp³-hybridized carbons (Fsp3) is 0.556. The molecule has 0 amide bonds. The molecule has 1 N–H and O–H groups in total. The second-order valence-corrected chi connectivity index (χ2v) is 7.04. The lowest BCUT2D eigenvalue weighted by atomic mass is 9.97. The zero-order valence-electron chi connectivity index (χ0n) is 14.2. The van der Waals surface area contributed by atoms with Gasteiger partial charge in [0.25, 0.3) is 0 Å². The normalized spacial score (nSPS) is 17.4. The Hall–Kier alpha value is -1.62. The van der Waals surface area contributed by atoms with Crippen molar-refractivity contribution < 1.29 is 14.6 Å². The number of carboxylic acids is 1. The van der Waals surface area contributed by atoms with Crippen molar-refractivity contribution in [3.8, 4) is 5.75 Å². The predicted molar refractivity (Wildman–Crippen MR) is 96.6 cm³/mol. The van der Waals surface area contributed by atoms with Gasteiger partial charge >= 0.3 is 5.97 Å². The molecular formula is C18H25NO3S. The van der Waals surface area contributed by atoms with E-state index in [9.17, 15) is 4.79 Å². The van der Waals surface area contributed by atoms with E-state index in [2.05, 4.69) is 38.7 Å². The largest absolute Gasteiger partial charge is 0.481 e. The van der Waals surface area contributed by atoms with Crippen molar-refractivity contribution in [1.82, 2.24) is 0 Å². The highest BCUT2D eigenvalue weighted by atomic mass is 32.1. The van der Waals surface area contributed by atoms with E-state index in [0.717, 1.165) is 16.4 Å². The number of hydrogen-bond donors (Lipinski definition) is 1. The van der Waals surface area contributed by atoms with E-state index in [0.29, 0.717) is 18.9 Å². The Morgan fingerprint density at radius 1 is 1.35 bits per heavy atom. The highest BCUT2D eigenvalue weighted by molar-refractivity contribution is 7.80. The average Bonchev–Trinajstić information content (AvgIpc) is 2.47. The number of aliphatic carboxylic acids is 1. The molecule has 1 aliphatic rings. The Bertz CT molecular complexity index is 598. The number of fused-ring (bicyclic) bond motifs is 1. The van der Waals surface area contributed by atoms with Crippen molar-refractivity contribution in [3.05, 3.63) is 23.8 Å². The van der Waals surface area contributed by atoms with Gasteiger partial charge < -0.3 is 14.7 Å². The van der Waals surface area contributed by atoms with Gasteiger partial charge in [0.2, 0.25) is 0 Å². The molecule has 0 saturated heterocycles. The van der Waals surface area contributed by atoms with Crippen molar-refractivity contribution in [1.29, 1.82) is 0 Å². The van der Waals surface area contributed by atoms with Gasteiger partial charge in [-0.05, 0) is 29.9 Å². The molecule has 0 aromatic heterocycles. The maximum Gasteiger partial charge on any atom is 0.303 e. The van der Waals surface area contributed by atoms with Gasteiger partial charge in [-0.2, -0.15) is 0 Å². The van der Waals surface area contributed by atoms with Crippen LogP contribution >= 0.6 is 12.2 Å². The number of anilines is 1. The molecule has 4 nitrogen and oxygen atoms in total. The second-order valence-electron chi connectivity index (χ2n) is 6.62. The Morgan fingerprint density at radius 3 is 2.61 bits per heavy atom. The number of nitrogens with zero attached hydrogens (tertiary/aromatic N) is 1. The molecule has 1 heterocycles. The Morgan fingerprint density at radius 2 is 2.04 bits per heavy atom. The second kappa shape index (κ2) is 7.30. The minimum atomic E-state index is -0.777. The van der Waals surface area contributed by atoms with Crippen LogP contribution in [0.25, 0.3) is 0 Å². The minimum Gasteiger partial charge on any atom is -0.481 e. The van der Waals surface area contributed by atoms with Gasteiger partial charge in [-0.3, -0.25) is 4.79 Å². The van der Waals surface area contributed by atoms with Crippen LogP contribution in [0.4, 0.5) is 5.69 Å². The average molecular weight is 335 g/mol. The zero-order valence-corrected chi connectivity index (χ0v) is 15.0. The van der Waals surface area contributed by atoms with Crippen LogP contribution in [0.2, 0.25) is 0 Å². The van der Waals surface area contributed by atoms with Crippen molar-refractivity contribution >= 4 is 28.9 Å². The fourth-order valence-electron chi connectivity index (χ4n) is 2.83. The molecule has 0 saturated carbocycles. The van der Waals surface area contributed by atoms with Gasteiger partial charge in [0.05, 0.1) is 5.69 Å². The minimum absolute atomic E-state index is 0.144. The molecular weight excluding hydrogens is 310 g/mol. The number of benzene rings is 1. The van der Waals surface area contributed by atoms with Gasteiger partial charge in [0.1, 0.15) is 10.7 Å². The maximum atomic E-state index is 10.8. The molecule has 23 heavy (non-hydrogen) atoms. The topological polar surface area (TPSA) is 49.8 Å². The summed E-state index contributed by atoms with van der Waals surface area (Å²) in [5.74, 6) is 0.731. The van der Waals surface area contributed by atoms with Crippen LogP contribution in [-0.2, 0) is 4.79 Å². The van der Waals surface area contributed by atoms with Crippen molar-refractivity contribution in [2.75, 3.05) is 11.4 Å². The lowest BCUT2D eigenvalue weighted by Gasteiger charge is -2.39. The standard InChI is InChI=1S/C18H25NO3S/c1-11(2)13-7-5-8-14-17(13)22-16(12(3)4)18(23)19(14)10-6-9-15(20)21/h5,7-8,11-12,16H,6,9-10H2,1-4H3,(H,20,21). The molecule has 1 aliphatic heterocycles. The van der Waals surface area contributed by atoms with Gasteiger partial charge in [0.15, 0.2) is 6.10 Å².